The lowest BCUT2D eigenvalue weighted by Crippen LogP contribution is -2.39. The maximum absolute atomic E-state index is 6.47. The first-order valence-corrected chi connectivity index (χ1v) is 6.94. The number of alkyl halides is 1. The minimum atomic E-state index is -0.0753. The molecule has 1 aliphatic rings. The molecular weight excluding hydrogens is 271 g/mol. The largest absolute Gasteiger partial charge is 0.495 e. The maximum Gasteiger partial charge on any atom is 0.137 e. The molecule has 1 aliphatic carbocycles. The highest BCUT2D eigenvalue weighted by atomic mass is 35.5. The lowest BCUT2D eigenvalue weighted by molar-refractivity contribution is -0.0780. The summed E-state index contributed by atoms with van der Waals surface area (Å²) in [5, 5.41) is 0.523. The fourth-order valence-corrected chi connectivity index (χ4v) is 3.07. The van der Waals surface area contributed by atoms with E-state index < -0.39 is 0 Å². The minimum Gasteiger partial charge on any atom is -0.495 e. The second kappa shape index (κ2) is 5.68. The summed E-state index contributed by atoms with van der Waals surface area (Å²) in [6.45, 7) is 0. The van der Waals surface area contributed by atoms with Gasteiger partial charge in [-0.15, -0.1) is 11.6 Å². The molecule has 0 amide bonds. The lowest BCUT2D eigenvalue weighted by atomic mass is 9.76. The normalized spacial score (nSPS) is 19.1. The molecule has 18 heavy (non-hydrogen) atoms. The fourth-order valence-electron chi connectivity index (χ4n) is 2.38. The smallest absolute Gasteiger partial charge is 0.137 e. The number of benzene rings is 1. The molecule has 100 valence electrons. The van der Waals surface area contributed by atoms with Crippen LogP contribution in [0, 0.1) is 0 Å². The second-order valence-corrected chi connectivity index (χ2v) is 5.74. The van der Waals surface area contributed by atoms with Crippen molar-refractivity contribution in [2.45, 2.75) is 36.7 Å². The molecule has 0 heterocycles. The Bertz CT molecular complexity index is 411. The van der Waals surface area contributed by atoms with Gasteiger partial charge >= 0.3 is 0 Å². The van der Waals surface area contributed by atoms with Gasteiger partial charge in [0.25, 0.3) is 0 Å². The van der Waals surface area contributed by atoms with Gasteiger partial charge in [-0.05, 0) is 43.4 Å². The molecule has 0 aromatic heterocycles. The SMILES string of the molecule is COc1ccc(C(Cl)CC2(OC)CCC2)cc1Cl. The van der Waals surface area contributed by atoms with Crippen LogP contribution in [0.15, 0.2) is 18.2 Å². The van der Waals surface area contributed by atoms with Crippen molar-refractivity contribution in [3.63, 3.8) is 0 Å². The van der Waals surface area contributed by atoms with E-state index in [1.807, 2.05) is 18.2 Å². The topological polar surface area (TPSA) is 18.5 Å². The number of hydrogen-bond donors (Lipinski definition) is 0. The summed E-state index contributed by atoms with van der Waals surface area (Å²) >= 11 is 12.6. The molecule has 0 spiro atoms. The number of hydrogen-bond acceptors (Lipinski definition) is 2. The summed E-state index contributed by atoms with van der Waals surface area (Å²) in [7, 11) is 3.37. The standard InChI is InChI=1S/C14H18Cl2O2/c1-17-13-5-4-10(8-11(13)15)12(16)9-14(18-2)6-3-7-14/h4-5,8,12H,3,6-7,9H2,1-2H3. The van der Waals surface area contributed by atoms with Crippen molar-refractivity contribution in [1.82, 2.24) is 0 Å². The van der Waals surface area contributed by atoms with Gasteiger partial charge < -0.3 is 9.47 Å². The van der Waals surface area contributed by atoms with Gasteiger partial charge in [0.15, 0.2) is 0 Å². The van der Waals surface area contributed by atoms with Gasteiger partial charge in [0.05, 0.1) is 23.1 Å². The van der Waals surface area contributed by atoms with E-state index in [4.69, 9.17) is 32.7 Å². The first-order chi connectivity index (χ1) is 8.60. The van der Waals surface area contributed by atoms with Crippen LogP contribution in [0.4, 0.5) is 0 Å². The van der Waals surface area contributed by atoms with Crippen molar-refractivity contribution in [2.24, 2.45) is 0 Å². The van der Waals surface area contributed by atoms with Crippen molar-refractivity contribution >= 4 is 23.2 Å². The fraction of sp³-hybridized carbons (Fsp3) is 0.571. The summed E-state index contributed by atoms with van der Waals surface area (Å²) < 4.78 is 10.7. The van der Waals surface area contributed by atoms with Gasteiger partial charge in [0.2, 0.25) is 0 Å². The van der Waals surface area contributed by atoms with Gasteiger partial charge in [-0.3, -0.25) is 0 Å². The highest BCUT2D eigenvalue weighted by Crippen LogP contribution is 2.44. The van der Waals surface area contributed by atoms with Crippen LogP contribution in [-0.4, -0.2) is 19.8 Å². The van der Waals surface area contributed by atoms with E-state index in [9.17, 15) is 0 Å². The molecule has 0 aliphatic heterocycles. The first-order valence-electron chi connectivity index (χ1n) is 6.13. The predicted molar refractivity (Wildman–Crippen MR) is 74.8 cm³/mol. The Morgan fingerprint density at radius 1 is 1.33 bits per heavy atom. The molecule has 1 fully saturated rings. The third kappa shape index (κ3) is 2.76. The summed E-state index contributed by atoms with van der Waals surface area (Å²) in [6, 6.07) is 5.69. The quantitative estimate of drug-likeness (QED) is 0.738. The van der Waals surface area contributed by atoms with Gasteiger partial charge in [-0.25, -0.2) is 0 Å². The van der Waals surface area contributed by atoms with Crippen LogP contribution < -0.4 is 4.74 Å². The second-order valence-electron chi connectivity index (χ2n) is 4.81. The van der Waals surface area contributed by atoms with Crippen LogP contribution in [0.2, 0.25) is 5.02 Å². The van der Waals surface area contributed by atoms with Crippen molar-refractivity contribution in [3.8, 4) is 5.75 Å². The number of methoxy groups -OCH3 is 2. The lowest BCUT2D eigenvalue weighted by Gasteiger charge is -2.41. The first kappa shape index (κ1) is 14.0. The Kier molecular flexibility index (Phi) is 4.41. The Hall–Kier alpha value is -0.440. The van der Waals surface area contributed by atoms with E-state index in [1.165, 1.54) is 6.42 Å². The molecule has 0 N–H and O–H groups in total. The van der Waals surface area contributed by atoms with E-state index in [0.717, 1.165) is 24.8 Å². The molecule has 1 atom stereocenters. The number of rotatable bonds is 5. The average molecular weight is 289 g/mol. The van der Waals surface area contributed by atoms with Crippen molar-refractivity contribution < 1.29 is 9.47 Å². The molecule has 2 rings (SSSR count). The molecule has 0 saturated heterocycles. The Morgan fingerprint density at radius 2 is 2.06 bits per heavy atom. The summed E-state index contributed by atoms with van der Waals surface area (Å²) in [5.74, 6) is 0.675. The zero-order chi connectivity index (χ0) is 13.2. The van der Waals surface area contributed by atoms with Crippen LogP contribution in [0.5, 0.6) is 5.75 Å². The zero-order valence-corrected chi connectivity index (χ0v) is 12.2. The van der Waals surface area contributed by atoms with Crippen molar-refractivity contribution in [2.75, 3.05) is 14.2 Å². The number of halogens is 2. The third-order valence-electron chi connectivity index (χ3n) is 3.79. The molecule has 2 nitrogen and oxygen atoms in total. The molecule has 1 aromatic carbocycles. The van der Waals surface area contributed by atoms with E-state index in [0.29, 0.717) is 10.8 Å². The van der Waals surface area contributed by atoms with Gasteiger partial charge in [-0.1, -0.05) is 17.7 Å². The van der Waals surface area contributed by atoms with Crippen LogP contribution in [0.1, 0.15) is 36.6 Å². The van der Waals surface area contributed by atoms with E-state index in [1.54, 1.807) is 14.2 Å². The number of ether oxygens (including phenoxy) is 2. The van der Waals surface area contributed by atoms with Crippen molar-refractivity contribution in [3.05, 3.63) is 28.8 Å². The third-order valence-corrected chi connectivity index (χ3v) is 4.49. The van der Waals surface area contributed by atoms with Crippen LogP contribution in [0.25, 0.3) is 0 Å². The Morgan fingerprint density at radius 3 is 2.50 bits per heavy atom. The van der Waals surface area contributed by atoms with Gasteiger partial charge in [0.1, 0.15) is 5.75 Å². The summed E-state index contributed by atoms with van der Waals surface area (Å²) in [4.78, 5) is 0. The molecule has 0 radical (unpaired) electrons. The molecule has 1 saturated carbocycles. The Balaban J connectivity index is 2.09. The van der Waals surface area contributed by atoms with E-state index in [2.05, 4.69) is 0 Å². The van der Waals surface area contributed by atoms with Gasteiger partial charge in [-0.2, -0.15) is 0 Å². The Labute approximate surface area is 118 Å². The van der Waals surface area contributed by atoms with E-state index >= 15 is 0 Å². The molecule has 4 heteroatoms. The highest BCUT2D eigenvalue weighted by molar-refractivity contribution is 6.32. The zero-order valence-electron chi connectivity index (χ0n) is 10.7. The molecule has 1 aromatic rings. The van der Waals surface area contributed by atoms with Crippen LogP contribution >= 0.6 is 23.2 Å². The average Bonchev–Trinajstić information content (AvgIpc) is 2.33. The molecule has 0 bridgehead atoms. The van der Waals surface area contributed by atoms with Crippen LogP contribution in [-0.2, 0) is 4.74 Å². The van der Waals surface area contributed by atoms with Crippen molar-refractivity contribution in [1.29, 1.82) is 0 Å². The summed E-state index contributed by atoms with van der Waals surface area (Å²) in [5.41, 5.74) is 0.990. The monoisotopic (exact) mass is 288 g/mol. The van der Waals surface area contributed by atoms with Crippen LogP contribution in [0.3, 0.4) is 0 Å². The predicted octanol–water partition coefficient (Wildman–Crippen LogP) is 4.59. The molecular formula is C14H18Cl2O2. The van der Waals surface area contributed by atoms with E-state index in [-0.39, 0.29) is 11.0 Å². The molecule has 1 unspecified atom stereocenters. The highest BCUT2D eigenvalue weighted by Gasteiger charge is 2.39. The maximum atomic E-state index is 6.47. The minimum absolute atomic E-state index is 0.0289. The van der Waals surface area contributed by atoms with Gasteiger partial charge in [0, 0.05) is 7.11 Å². The summed E-state index contributed by atoms with van der Waals surface area (Å²) in [6.07, 6.45) is 4.24.